The molecule has 1 aromatic heterocycles. The topological polar surface area (TPSA) is 89.6 Å². The van der Waals surface area contributed by atoms with Crippen LogP contribution in [-0.4, -0.2) is 32.5 Å². The van der Waals surface area contributed by atoms with Gasteiger partial charge in [0.15, 0.2) is 11.5 Å². The molecule has 0 aliphatic carbocycles. The molecule has 0 saturated carbocycles. The molecular formula is C15H13F3N4O3. The Labute approximate surface area is 139 Å². The number of aromatic nitrogens is 3. The van der Waals surface area contributed by atoms with Gasteiger partial charge in [-0.05, 0) is 25.5 Å². The zero-order valence-corrected chi connectivity index (χ0v) is 13.3. The van der Waals surface area contributed by atoms with E-state index in [1.54, 1.807) is 0 Å². The lowest BCUT2D eigenvalue weighted by molar-refractivity contribution is -0.137. The molecule has 1 aliphatic rings. The van der Waals surface area contributed by atoms with Crippen LogP contribution in [0.4, 0.5) is 13.2 Å². The minimum Gasteiger partial charge on any atom is -0.424 e. The van der Waals surface area contributed by atoms with Crippen LogP contribution < -0.4 is 5.56 Å². The van der Waals surface area contributed by atoms with Gasteiger partial charge in [-0.3, -0.25) is 4.79 Å². The van der Waals surface area contributed by atoms with Gasteiger partial charge >= 0.3 is 11.7 Å². The van der Waals surface area contributed by atoms with Crippen LogP contribution in [0.3, 0.4) is 0 Å². The molecule has 1 aliphatic heterocycles. The molecule has 0 atom stereocenters. The average Bonchev–Trinajstić information content (AvgIpc) is 3.06. The molecule has 2 aromatic rings. The summed E-state index contributed by atoms with van der Waals surface area (Å²) in [6, 6.07) is 2.00. The number of rotatable bonds is 2. The maximum Gasteiger partial charge on any atom is 0.417 e. The largest absolute Gasteiger partial charge is 0.424 e. The fourth-order valence-electron chi connectivity index (χ4n) is 2.68. The van der Waals surface area contributed by atoms with Gasteiger partial charge in [0, 0.05) is 17.5 Å². The summed E-state index contributed by atoms with van der Waals surface area (Å²) in [6.45, 7) is 2.99. The molecule has 0 unspecified atom stereocenters. The highest BCUT2D eigenvalue weighted by molar-refractivity contribution is 6.04. The summed E-state index contributed by atoms with van der Waals surface area (Å²) in [6.07, 6.45) is -4.38. The molecule has 0 fully saturated rings. The Bertz CT molecular complexity index is 935. The standard InChI is InChI=1S/C15H13F3N4O3/c1-7-9(13-14(23)22(24)8(2)19-20-13)3-4-10(15(16,17)18)12(7)11-5-6-25-21-11/h3-4,24H,5-6H2,1-2H3. The Balaban J connectivity index is 2.30. The van der Waals surface area contributed by atoms with Gasteiger partial charge in [0.2, 0.25) is 0 Å². The van der Waals surface area contributed by atoms with Gasteiger partial charge in [-0.25, -0.2) is 0 Å². The van der Waals surface area contributed by atoms with Crippen LogP contribution in [0.1, 0.15) is 28.9 Å². The van der Waals surface area contributed by atoms with E-state index in [9.17, 15) is 23.2 Å². The van der Waals surface area contributed by atoms with Crippen molar-refractivity contribution in [2.45, 2.75) is 26.4 Å². The number of hydrogen-bond donors (Lipinski definition) is 1. The monoisotopic (exact) mass is 354 g/mol. The van der Waals surface area contributed by atoms with Crippen LogP contribution in [0.25, 0.3) is 11.3 Å². The van der Waals surface area contributed by atoms with Gasteiger partial charge < -0.3 is 10.0 Å². The predicted molar refractivity (Wildman–Crippen MR) is 80.5 cm³/mol. The van der Waals surface area contributed by atoms with E-state index >= 15 is 0 Å². The molecule has 0 spiro atoms. The third-order valence-electron chi connectivity index (χ3n) is 3.92. The molecule has 1 aromatic carbocycles. The number of aryl methyl sites for hydroxylation is 1. The first-order valence-corrected chi connectivity index (χ1v) is 7.27. The molecule has 0 bridgehead atoms. The summed E-state index contributed by atoms with van der Waals surface area (Å²) in [5.74, 6) is -0.0351. The molecule has 7 nitrogen and oxygen atoms in total. The molecule has 3 rings (SSSR count). The zero-order valence-electron chi connectivity index (χ0n) is 13.3. The quantitative estimate of drug-likeness (QED) is 0.836. The van der Waals surface area contributed by atoms with Crippen molar-refractivity contribution in [3.63, 3.8) is 0 Å². The summed E-state index contributed by atoms with van der Waals surface area (Å²) in [5, 5.41) is 20.7. The molecule has 1 N–H and O–H groups in total. The van der Waals surface area contributed by atoms with Crippen LogP contribution in [0.2, 0.25) is 0 Å². The summed E-state index contributed by atoms with van der Waals surface area (Å²) < 4.78 is 40.4. The fourth-order valence-corrected chi connectivity index (χ4v) is 2.68. The van der Waals surface area contributed by atoms with Crippen molar-refractivity contribution in [1.29, 1.82) is 0 Å². The van der Waals surface area contributed by atoms with E-state index in [1.807, 2.05) is 0 Å². The SMILES string of the molecule is Cc1c(-c2nnc(C)n(O)c2=O)ccc(C(F)(F)F)c1C1=NOCC1. The van der Waals surface area contributed by atoms with Crippen molar-refractivity contribution in [2.24, 2.45) is 5.16 Å². The van der Waals surface area contributed by atoms with Crippen LogP contribution in [0.5, 0.6) is 0 Å². The minimum atomic E-state index is -4.60. The normalized spacial score (nSPS) is 14.4. The minimum absolute atomic E-state index is 0.0351. The van der Waals surface area contributed by atoms with Gasteiger partial charge in [0.05, 0.1) is 11.3 Å². The molecule has 0 amide bonds. The van der Waals surface area contributed by atoms with E-state index in [0.29, 0.717) is 4.73 Å². The lowest BCUT2D eigenvalue weighted by Crippen LogP contribution is -2.25. The molecule has 25 heavy (non-hydrogen) atoms. The van der Waals surface area contributed by atoms with E-state index < -0.39 is 17.3 Å². The zero-order chi connectivity index (χ0) is 18.4. The van der Waals surface area contributed by atoms with E-state index in [2.05, 4.69) is 15.4 Å². The second-order valence-corrected chi connectivity index (χ2v) is 5.49. The van der Waals surface area contributed by atoms with Crippen molar-refractivity contribution in [3.05, 3.63) is 45.0 Å². The van der Waals surface area contributed by atoms with E-state index in [0.717, 1.165) is 12.1 Å². The third kappa shape index (κ3) is 2.83. The number of oxime groups is 1. The number of hydrogen-bond acceptors (Lipinski definition) is 6. The predicted octanol–water partition coefficient (Wildman–Crippen LogP) is 2.30. The third-order valence-corrected chi connectivity index (χ3v) is 3.92. The van der Waals surface area contributed by atoms with Crippen molar-refractivity contribution in [3.8, 4) is 11.3 Å². The van der Waals surface area contributed by atoms with E-state index in [4.69, 9.17) is 4.84 Å². The smallest absolute Gasteiger partial charge is 0.417 e. The maximum atomic E-state index is 13.4. The lowest BCUT2D eigenvalue weighted by atomic mass is 9.91. The Morgan fingerprint density at radius 3 is 2.56 bits per heavy atom. The van der Waals surface area contributed by atoms with Gasteiger partial charge in [-0.15, -0.1) is 14.9 Å². The van der Waals surface area contributed by atoms with Gasteiger partial charge in [-0.2, -0.15) is 13.2 Å². The first-order valence-electron chi connectivity index (χ1n) is 7.27. The molecule has 132 valence electrons. The van der Waals surface area contributed by atoms with Crippen LogP contribution >= 0.6 is 0 Å². The van der Waals surface area contributed by atoms with E-state index in [-0.39, 0.29) is 46.9 Å². The Morgan fingerprint density at radius 1 is 1.24 bits per heavy atom. The van der Waals surface area contributed by atoms with Crippen LogP contribution in [0.15, 0.2) is 22.1 Å². The highest BCUT2D eigenvalue weighted by Gasteiger charge is 2.37. The fraction of sp³-hybridized carbons (Fsp3) is 0.333. The second kappa shape index (κ2) is 5.87. The number of halogens is 3. The first kappa shape index (κ1) is 16.9. The van der Waals surface area contributed by atoms with Crippen molar-refractivity contribution in [2.75, 3.05) is 6.61 Å². The Morgan fingerprint density at radius 2 is 1.96 bits per heavy atom. The van der Waals surface area contributed by atoms with E-state index in [1.165, 1.54) is 13.8 Å². The molecule has 10 heteroatoms. The summed E-state index contributed by atoms with van der Waals surface area (Å²) in [7, 11) is 0. The van der Waals surface area contributed by atoms with Gasteiger partial charge in [-0.1, -0.05) is 11.2 Å². The molecule has 2 heterocycles. The highest BCUT2D eigenvalue weighted by Crippen LogP contribution is 2.37. The van der Waals surface area contributed by atoms with Crippen molar-refractivity contribution in [1.82, 2.24) is 14.9 Å². The number of nitrogens with zero attached hydrogens (tertiary/aromatic N) is 4. The van der Waals surface area contributed by atoms with Gasteiger partial charge in [0.25, 0.3) is 0 Å². The van der Waals surface area contributed by atoms with Crippen molar-refractivity contribution < 1.29 is 23.2 Å². The average molecular weight is 354 g/mol. The molecule has 0 radical (unpaired) electrons. The Hall–Kier alpha value is -2.91. The van der Waals surface area contributed by atoms with Crippen LogP contribution in [-0.2, 0) is 11.0 Å². The number of benzene rings is 1. The summed E-state index contributed by atoms with van der Waals surface area (Å²) in [4.78, 5) is 17.0. The maximum absolute atomic E-state index is 13.4. The summed E-state index contributed by atoms with van der Waals surface area (Å²) in [5.41, 5.74) is -1.69. The molecule has 0 saturated heterocycles. The summed E-state index contributed by atoms with van der Waals surface area (Å²) >= 11 is 0. The lowest BCUT2D eigenvalue weighted by Gasteiger charge is -2.17. The van der Waals surface area contributed by atoms with Gasteiger partial charge in [0.1, 0.15) is 6.61 Å². The second-order valence-electron chi connectivity index (χ2n) is 5.49. The molecular weight excluding hydrogens is 341 g/mol. The van der Waals surface area contributed by atoms with Crippen LogP contribution in [0, 0.1) is 13.8 Å². The first-order chi connectivity index (χ1) is 11.7. The van der Waals surface area contributed by atoms with Crippen molar-refractivity contribution >= 4 is 5.71 Å². The number of alkyl halides is 3. The Kier molecular flexibility index (Phi) is 3.97. The highest BCUT2D eigenvalue weighted by atomic mass is 19.4.